The van der Waals surface area contributed by atoms with Crippen LogP contribution in [-0.2, 0) is 14.2 Å². The van der Waals surface area contributed by atoms with Crippen molar-refractivity contribution in [1.29, 1.82) is 0 Å². The van der Waals surface area contributed by atoms with Gasteiger partial charge < -0.3 is 29.5 Å². The molecule has 0 saturated carbocycles. The van der Waals surface area contributed by atoms with E-state index in [2.05, 4.69) is 0 Å². The molecule has 88 valence electrons. The summed E-state index contributed by atoms with van der Waals surface area (Å²) in [5.74, 6) is -2.76. The molecule has 0 amide bonds. The molecule has 15 heavy (non-hydrogen) atoms. The third-order valence-electron chi connectivity index (χ3n) is 2.72. The number of rotatable bonds is 1. The molecule has 4 atom stereocenters. The van der Waals surface area contributed by atoms with Crippen molar-refractivity contribution in [3.8, 4) is 0 Å². The second-order valence-corrected chi connectivity index (χ2v) is 4.40. The Hall–Kier alpha value is -0.240. The van der Waals surface area contributed by atoms with Crippen LogP contribution in [0, 0.1) is 0 Å². The Morgan fingerprint density at radius 3 is 2.60 bits per heavy atom. The highest BCUT2D eigenvalue weighted by Gasteiger charge is 2.56. The van der Waals surface area contributed by atoms with Gasteiger partial charge in [-0.05, 0) is 13.8 Å². The zero-order valence-electron chi connectivity index (χ0n) is 8.71. The molecular weight excluding hydrogens is 204 g/mol. The Morgan fingerprint density at radius 1 is 1.33 bits per heavy atom. The Morgan fingerprint density at radius 2 is 2.00 bits per heavy atom. The van der Waals surface area contributed by atoms with Crippen LogP contribution >= 0.6 is 0 Å². The van der Waals surface area contributed by atoms with E-state index in [1.165, 1.54) is 0 Å². The largest absolute Gasteiger partial charge is 0.391 e. The number of ether oxygens (including phenoxy) is 3. The smallest absolute Gasteiger partial charge is 0.218 e. The van der Waals surface area contributed by atoms with Crippen LogP contribution < -0.4 is 0 Å². The quantitative estimate of drug-likeness (QED) is 0.502. The van der Waals surface area contributed by atoms with Gasteiger partial charge in [-0.3, -0.25) is 0 Å². The second kappa shape index (κ2) is 3.38. The van der Waals surface area contributed by atoms with Crippen molar-refractivity contribution >= 4 is 0 Å². The molecule has 0 radical (unpaired) electrons. The van der Waals surface area contributed by atoms with Gasteiger partial charge in [0, 0.05) is 0 Å². The van der Waals surface area contributed by atoms with E-state index in [0.29, 0.717) is 0 Å². The standard InChI is InChI=1S/C9H16O6/c1-8(2)14-5-3-13-9(12,4-10)7(11)6(5)15-8/h5-7,10-12H,3-4H2,1-2H3/t5-,6-,7-,9?/m0/s1. The summed E-state index contributed by atoms with van der Waals surface area (Å²) < 4.78 is 15.9. The molecule has 0 aromatic rings. The fourth-order valence-electron chi connectivity index (χ4n) is 1.97. The Labute approximate surface area is 87.4 Å². The summed E-state index contributed by atoms with van der Waals surface area (Å²) in [5, 5.41) is 28.4. The van der Waals surface area contributed by atoms with Crippen molar-refractivity contribution in [1.82, 2.24) is 0 Å². The molecule has 6 nitrogen and oxygen atoms in total. The lowest BCUT2D eigenvalue weighted by Gasteiger charge is -2.39. The number of aliphatic hydroxyl groups is 3. The normalized spacial score (nSPS) is 49.0. The Kier molecular flexibility index (Phi) is 2.53. The van der Waals surface area contributed by atoms with E-state index in [4.69, 9.17) is 19.3 Å². The third-order valence-corrected chi connectivity index (χ3v) is 2.72. The van der Waals surface area contributed by atoms with Gasteiger partial charge in [0.2, 0.25) is 5.79 Å². The van der Waals surface area contributed by atoms with Gasteiger partial charge in [-0.2, -0.15) is 0 Å². The van der Waals surface area contributed by atoms with Gasteiger partial charge in [0.25, 0.3) is 0 Å². The maximum atomic E-state index is 9.79. The Balaban J connectivity index is 2.16. The number of hydrogen-bond donors (Lipinski definition) is 3. The lowest BCUT2D eigenvalue weighted by atomic mass is 9.98. The SMILES string of the molecule is CC1(C)O[C@H]2[C@H](COC(O)(CO)[C@H]2O)O1. The van der Waals surface area contributed by atoms with Crippen molar-refractivity contribution in [2.24, 2.45) is 0 Å². The maximum absolute atomic E-state index is 9.79. The predicted octanol–water partition coefficient (Wildman–Crippen LogP) is -1.42. The van der Waals surface area contributed by atoms with E-state index in [0.717, 1.165) is 0 Å². The van der Waals surface area contributed by atoms with E-state index < -0.39 is 36.5 Å². The highest BCUT2D eigenvalue weighted by Crippen LogP contribution is 2.37. The van der Waals surface area contributed by atoms with Crippen LogP contribution in [0.1, 0.15) is 13.8 Å². The molecule has 0 spiro atoms. The Bertz CT molecular complexity index is 255. The molecule has 2 aliphatic heterocycles. The lowest BCUT2D eigenvalue weighted by Crippen LogP contribution is -2.61. The van der Waals surface area contributed by atoms with E-state index in [-0.39, 0.29) is 6.61 Å². The molecule has 0 bridgehead atoms. The topological polar surface area (TPSA) is 88.4 Å². The molecule has 2 saturated heterocycles. The molecule has 2 rings (SSSR count). The van der Waals surface area contributed by atoms with Gasteiger partial charge in [-0.15, -0.1) is 0 Å². The molecule has 0 aliphatic carbocycles. The molecule has 2 fully saturated rings. The molecule has 6 heteroatoms. The summed E-state index contributed by atoms with van der Waals surface area (Å²) in [6.45, 7) is 2.84. The molecular formula is C9H16O6. The predicted molar refractivity (Wildman–Crippen MR) is 47.8 cm³/mol. The van der Waals surface area contributed by atoms with Crippen LogP contribution in [0.4, 0.5) is 0 Å². The van der Waals surface area contributed by atoms with Crippen molar-refractivity contribution in [2.75, 3.05) is 13.2 Å². The van der Waals surface area contributed by atoms with Crippen molar-refractivity contribution < 1.29 is 29.5 Å². The first-order valence-electron chi connectivity index (χ1n) is 4.89. The van der Waals surface area contributed by atoms with Crippen molar-refractivity contribution in [3.05, 3.63) is 0 Å². The summed E-state index contributed by atoms with van der Waals surface area (Å²) in [4.78, 5) is 0. The van der Waals surface area contributed by atoms with Gasteiger partial charge in [-0.1, -0.05) is 0 Å². The van der Waals surface area contributed by atoms with Gasteiger partial charge >= 0.3 is 0 Å². The molecule has 0 aromatic heterocycles. The van der Waals surface area contributed by atoms with Gasteiger partial charge in [-0.25, -0.2) is 0 Å². The minimum Gasteiger partial charge on any atom is -0.391 e. The van der Waals surface area contributed by atoms with Gasteiger partial charge in [0.15, 0.2) is 5.79 Å². The molecule has 2 aliphatic rings. The fraction of sp³-hybridized carbons (Fsp3) is 1.00. The molecule has 0 aromatic carbocycles. The zero-order chi connectivity index (χ0) is 11.3. The van der Waals surface area contributed by atoms with Crippen LogP contribution in [0.3, 0.4) is 0 Å². The number of hydrogen-bond acceptors (Lipinski definition) is 6. The summed E-state index contributed by atoms with van der Waals surface area (Å²) in [6.07, 6.45) is -2.41. The van der Waals surface area contributed by atoms with E-state index >= 15 is 0 Å². The average molecular weight is 220 g/mol. The first-order valence-corrected chi connectivity index (χ1v) is 4.89. The van der Waals surface area contributed by atoms with Crippen LogP contribution in [0.25, 0.3) is 0 Å². The summed E-state index contributed by atoms with van der Waals surface area (Å²) in [5.41, 5.74) is 0. The molecule has 2 heterocycles. The van der Waals surface area contributed by atoms with E-state index in [9.17, 15) is 10.2 Å². The summed E-state index contributed by atoms with van der Waals surface area (Å²) in [7, 11) is 0. The third kappa shape index (κ3) is 1.77. The van der Waals surface area contributed by atoms with Crippen molar-refractivity contribution in [2.45, 2.75) is 43.7 Å². The summed E-state index contributed by atoms with van der Waals surface area (Å²) in [6, 6.07) is 0. The minimum absolute atomic E-state index is 0.0855. The zero-order valence-corrected chi connectivity index (χ0v) is 8.71. The number of fused-ring (bicyclic) bond motifs is 1. The molecule has 1 unspecified atom stereocenters. The average Bonchev–Trinajstić information content (AvgIpc) is 2.48. The van der Waals surface area contributed by atoms with Crippen molar-refractivity contribution in [3.63, 3.8) is 0 Å². The molecule has 3 N–H and O–H groups in total. The van der Waals surface area contributed by atoms with Gasteiger partial charge in [0.05, 0.1) is 13.2 Å². The van der Waals surface area contributed by atoms with E-state index in [1.807, 2.05) is 0 Å². The van der Waals surface area contributed by atoms with Crippen LogP contribution in [0.15, 0.2) is 0 Å². The van der Waals surface area contributed by atoms with Crippen LogP contribution in [0.2, 0.25) is 0 Å². The van der Waals surface area contributed by atoms with Crippen LogP contribution in [-0.4, -0.2) is 58.4 Å². The van der Waals surface area contributed by atoms with E-state index in [1.54, 1.807) is 13.8 Å². The highest BCUT2D eigenvalue weighted by molar-refractivity contribution is 4.97. The minimum atomic E-state index is -1.95. The van der Waals surface area contributed by atoms with Gasteiger partial charge in [0.1, 0.15) is 18.3 Å². The maximum Gasteiger partial charge on any atom is 0.218 e. The fourth-order valence-corrected chi connectivity index (χ4v) is 1.97. The summed E-state index contributed by atoms with van der Waals surface area (Å²) >= 11 is 0. The second-order valence-electron chi connectivity index (χ2n) is 4.40. The highest BCUT2D eigenvalue weighted by atomic mass is 16.8. The lowest BCUT2D eigenvalue weighted by molar-refractivity contribution is -0.318. The van der Waals surface area contributed by atoms with Crippen LogP contribution in [0.5, 0.6) is 0 Å². The first kappa shape index (κ1) is 11.3. The first-order chi connectivity index (χ1) is 6.88. The number of aliphatic hydroxyl groups excluding tert-OH is 2. The monoisotopic (exact) mass is 220 g/mol.